The van der Waals surface area contributed by atoms with Crippen LogP contribution in [0.25, 0.3) is 6.08 Å². The average molecular weight is 335 g/mol. The van der Waals surface area contributed by atoms with E-state index in [1.165, 1.54) is 5.56 Å². The van der Waals surface area contributed by atoms with Crippen molar-refractivity contribution < 1.29 is 13.6 Å². The van der Waals surface area contributed by atoms with E-state index in [0.29, 0.717) is 5.92 Å². The molecule has 1 heterocycles. The second-order valence-corrected chi connectivity index (χ2v) is 9.99. The molecule has 2 unspecified atom stereocenters. The fraction of sp³-hybridized carbons (Fsp3) is 0.579. The van der Waals surface area contributed by atoms with E-state index in [1.807, 2.05) is 13.2 Å². The first-order valence-electron chi connectivity index (χ1n) is 8.51. The van der Waals surface area contributed by atoms with Crippen molar-refractivity contribution in [2.75, 3.05) is 21.3 Å². The monoisotopic (exact) mass is 334 g/mol. The molecule has 1 fully saturated rings. The van der Waals surface area contributed by atoms with Gasteiger partial charge in [-0.05, 0) is 30.0 Å². The lowest BCUT2D eigenvalue weighted by atomic mass is 9.85. The van der Waals surface area contributed by atoms with Crippen LogP contribution >= 0.6 is 0 Å². The largest absolute Gasteiger partial charge is 0.396 e. The first-order valence-corrected chi connectivity index (χ1v) is 10.5. The molecule has 0 amide bonds. The zero-order valence-electron chi connectivity index (χ0n) is 14.9. The maximum absolute atomic E-state index is 6.23. The molecule has 2 atom stereocenters. The summed E-state index contributed by atoms with van der Waals surface area (Å²) < 4.78 is 18.4. The van der Waals surface area contributed by atoms with Crippen LogP contribution in [0.1, 0.15) is 49.7 Å². The summed E-state index contributed by atoms with van der Waals surface area (Å²) in [6, 6.07) is 9.68. The Morgan fingerprint density at radius 3 is 2.35 bits per heavy atom. The number of ether oxygens (including phenoxy) is 1. The third kappa shape index (κ3) is 3.05. The highest BCUT2D eigenvalue weighted by Gasteiger charge is 2.63. The maximum atomic E-state index is 6.23. The predicted molar refractivity (Wildman–Crippen MR) is 97.7 cm³/mol. The summed E-state index contributed by atoms with van der Waals surface area (Å²) in [6.45, 7) is 6.05. The van der Waals surface area contributed by atoms with Crippen molar-refractivity contribution in [3.8, 4) is 0 Å². The summed E-state index contributed by atoms with van der Waals surface area (Å²) in [5.74, 6) is 0.312. The molecule has 0 saturated carbocycles. The van der Waals surface area contributed by atoms with Crippen LogP contribution in [0.15, 0.2) is 30.8 Å². The van der Waals surface area contributed by atoms with Gasteiger partial charge in [0.05, 0.1) is 0 Å². The summed E-state index contributed by atoms with van der Waals surface area (Å²) in [7, 11) is 2.97. The van der Waals surface area contributed by atoms with Gasteiger partial charge < -0.3 is 13.6 Å². The highest BCUT2D eigenvalue weighted by Crippen LogP contribution is 2.50. The van der Waals surface area contributed by atoms with Crippen LogP contribution < -0.4 is 0 Å². The molecule has 0 N–H and O–H groups in total. The lowest BCUT2D eigenvalue weighted by Crippen LogP contribution is -2.67. The third-order valence-corrected chi connectivity index (χ3v) is 9.85. The van der Waals surface area contributed by atoms with Crippen molar-refractivity contribution in [1.82, 2.24) is 0 Å². The Kier molecular flexibility index (Phi) is 6.20. The average Bonchev–Trinajstić information content (AvgIpc) is 2.62. The van der Waals surface area contributed by atoms with Gasteiger partial charge in [0.25, 0.3) is 0 Å². The summed E-state index contributed by atoms with van der Waals surface area (Å²) in [4.78, 5) is 0. The minimum Gasteiger partial charge on any atom is -0.396 e. The van der Waals surface area contributed by atoms with Crippen LogP contribution in [0.4, 0.5) is 0 Å². The molecule has 0 aliphatic carbocycles. The van der Waals surface area contributed by atoms with Crippen molar-refractivity contribution >= 4 is 14.6 Å². The summed E-state index contributed by atoms with van der Waals surface area (Å²) in [6.07, 6.45) is 6.13. The van der Waals surface area contributed by atoms with Gasteiger partial charge in [-0.1, -0.05) is 56.7 Å². The number of benzene rings is 1. The molecule has 1 aliphatic heterocycles. The first kappa shape index (κ1) is 18.4. The van der Waals surface area contributed by atoms with E-state index in [1.54, 1.807) is 14.2 Å². The number of hydrogen-bond donors (Lipinski definition) is 0. The van der Waals surface area contributed by atoms with Crippen molar-refractivity contribution in [2.24, 2.45) is 0 Å². The molecule has 4 heteroatoms. The first-order chi connectivity index (χ1) is 11.1. The van der Waals surface area contributed by atoms with Crippen molar-refractivity contribution in [3.05, 3.63) is 42.0 Å². The Bertz CT molecular complexity index is 510. The molecule has 3 nitrogen and oxygen atoms in total. The van der Waals surface area contributed by atoms with E-state index in [9.17, 15) is 0 Å². The van der Waals surface area contributed by atoms with Gasteiger partial charge in [0.15, 0.2) is 0 Å². The second kappa shape index (κ2) is 7.75. The zero-order chi connectivity index (χ0) is 16.9. The van der Waals surface area contributed by atoms with Crippen molar-refractivity contribution in [1.29, 1.82) is 0 Å². The molecule has 2 rings (SSSR count). The molecule has 128 valence electrons. The van der Waals surface area contributed by atoms with E-state index in [4.69, 9.17) is 13.6 Å². The van der Waals surface area contributed by atoms with Gasteiger partial charge in [0.2, 0.25) is 0 Å². The van der Waals surface area contributed by atoms with Crippen LogP contribution in [0, 0.1) is 0 Å². The Hall–Kier alpha value is -0.943. The van der Waals surface area contributed by atoms with Crippen molar-refractivity contribution in [3.63, 3.8) is 0 Å². The van der Waals surface area contributed by atoms with Crippen LogP contribution in [0.2, 0.25) is 6.04 Å². The van der Waals surface area contributed by atoms with E-state index in [0.717, 1.165) is 37.3 Å². The molecular formula is C19H30O3Si. The number of hydrogen-bond acceptors (Lipinski definition) is 3. The Balaban J connectivity index is 2.51. The molecule has 1 aromatic rings. The van der Waals surface area contributed by atoms with E-state index in [2.05, 4.69) is 37.8 Å². The summed E-state index contributed by atoms with van der Waals surface area (Å²) in [5.41, 5.74) is 2.46. The molecule has 1 aromatic carbocycles. The fourth-order valence-corrected chi connectivity index (χ4v) is 8.46. The highest BCUT2D eigenvalue weighted by atomic mass is 28.4. The van der Waals surface area contributed by atoms with E-state index in [-0.39, 0.29) is 5.22 Å². The maximum Gasteiger partial charge on any atom is 0.371 e. The topological polar surface area (TPSA) is 27.7 Å². The standard InChI is InChI=1S/C19H30O3Si/c1-6-14-19(20-3)18(9-8-15-23(19,21-4)22-5)17-12-10-16(7-2)11-13-17/h7,10-13,18H,2,6,8-9,14-15H2,1,3-5H3. The summed E-state index contributed by atoms with van der Waals surface area (Å²) in [5, 5.41) is -0.334. The molecule has 0 spiro atoms. The third-order valence-electron chi connectivity index (χ3n) is 5.43. The minimum absolute atomic E-state index is 0.312. The number of rotatable bonds is 7. The minimum atomic E-state index is -2.44. The molecule has 1 saturated heterocycles. The molecule has 0 bridgehead atoms. The van der Waals surface area contributed by atoms with Crippen LogP contribution in [0.3, 0.4) is 0 Å². The van der Waals surface area contributed by atoms with Gasteiger partial charge in [-0.2, -0.15) is 0 Å². The van der Waals surface area contributed by atoms with Gasteiger partial charge in [-0.15, -0.1) is 0 Å². The van der Waals surface area contributed by atoms with Crippen LogP contribution in [0.5, 0.6) is 0 Å². The van der Waals surface area contributed by atoms with Crippen LogP contribution in [-0.2, 0) is 13.6 Å². The Labute approximate surface area is 141 Å². The quantitative estimate of drug-likeness (QED) is 0.678. The SMILES string of the molecule is C=Cc1ccc(C2CCC[Si](OC)(OC)C2(CCC)OC)cc1. The molecule has 1 aliphatic rings. The van der Waals surface area contributed by atoms with E-state index >= 15 is 0 Å². The Morgan fingerprint density at radius 2 is 1.87 bits per heavy atom. The predicted octanol–water partition coefficient (Wildman–Crippen LogP) is 4.67. The lowest BCUT2D eigenvalue weighted by molar-refractivity contribution is -0.0302. The molecule has 0 aromatic heterocycles. The van der Waals surface area contributed by atoms with Gasteiger partial charge in [-0.25, -0.2) is 0 Å². The van der Waals surface area contributed by atoms with Crippen molar-refractivity contribution in [2.45, 2.75) is 49.8 Å². The van der Waals surface area contributed by atoms with Crippen LogP contribution in [-0.4, -0.2) is 35.1 Å². The smallest absolute Gasteiger partial charge is 0.371 e. The molecule has 23 heavy (non-hydrogen) atoms. The molecular weight excluding hydrogens is 304 g/mol. The van der Waals surface area contributed by atoms with Gasteiger partial charge in [0, 0.05) is 27.2 Å². The summed E-state index contributed by atoms with van der Waals surface area (Å²) >= 11 is 0. The Morgan fingerprint density at radius 1 is 1.22 bits per heavy atom. The fourth-order valence-electron chi connectivity index (χ4n) is 4.32. The van der Waals surface area contributed by atoms with Gasteiger partial charge >= 0.3 is 8.56 Å². The highest BCUT2D eigenvalue weighted by molar-refractivity contribution is 6.71. The number of methoxy groups -OCH3 is 1. The lowest BCUT2D eigenvalue weighted by Gasteiger charge is -2.52. The second-order valence-electron chi connectivity index (χ2n) is 6.32. The molecule has 0 radical (unpaired) electrons. The zero-order valence-corrected chi connectivity index (χ0v) is 15.9. The van der Waals surface area contributed by atoms with E-state index < -0.39 is 8.56 Å². The van der Waals surface area contributed by atoms with Gasteiger partial charge in [0.1, 0.15) is 5.22 Å². The normalized spacial score (nSPS) is 26.9. The van der Waals surface area contributed by atoms with Gasteiger partial charge in [-0.3, -0.25) is 0 Å².